The normalized spacial score (nSPS) is 23.8. The van der Waals surface area contributed by atoms with E-state index < -0.39 is 5.54 Å². The van der Waals surface area contributed by atoms with Crippen LogP contribution in [0.1, 0.15) is 43.0 Å². The van der Waals surface area contributed by atoms with Crippen molar-refractivity contribution in [3.8, 4) is 11.8 Å². The van der Waals surface area contributed by atoms with Gasteiger partial charge in [0.1, 0.15) is 17.9 Å². The van der Waals surface area contributed by atoms with Gasteiger partial charge in [0.15, 0.2) is 0 Å². The molecule has 5 heteroatoms. The van der Waals surface area contributed by atoms with Crippen LogP contribution in [-0.4, -0.2) is 31.8 Å². The van der Waals surface area contributed by atoms with Crippen molar-refractivity contribution in [3.05, 3.63) is 29.8 Å². The fourth-order valence-electron chi connectivity index (χ4n) is 3.03. The summed E-state index contributed by atoms with van der Waals surface area (Å²) in [6.45, 7) is 3.12. The molecule has 5 nitrogen and oxygen atoms in total. The number of ether oxygens (including phenoxy) is 2. The van der Waals surface area contributed by atoms with E-state index in [1.165, 1.54) is 0 Å². The SMILES string of the molecule is COCCOc1ccc(C(=O)N[C@@]2(C#N)CCC[C@H](C)C2)cc1. The Labute approximate surface area is 137 Å². The van der Waals surface area contributed by atoms with Gasteiger partial charge in [-0.15, -0.1) is 0 Å². The van der Waals surface area contributed by atoms with Gasteiger partial charge in [-0.1, -0.05) is 13.3 Å². The van der Waals surface area contributed by atoms with Gasteiger partial charge in [0.2, 0.25) is 0 Å². The number of carbonyl (C=O) groups is 1. The number of amides is 1. The summed E-state index contributed by atoms with van der Waals surface area (Å²) < 4.78 is 10.4. The van der Waals surface area contributed by atoms with Gasteiger partial charge < -0.3 is 14.8 Å². The molecular formula is C18H24N2O3. The van der Waals surface area contributed by atoms with Gasteiger partial charge in [0, 0.05) is 12.7 Å². The zero-order chi connectivity index (χ0) is 16.7. The minimum absolute atomic E-state index is 0.205. The average molecular weight is 316 g/mol. The second-order valence-corrected chi connectivity index (χ2v) is 6.22. The summed E-state index contributed by atoms with van der Waals surface area (Å²) in [5.41, 5.74) is -0.195. The molecule has 0 bridgehead atoms. The van der Waals surface area contributed by atoms with E-state index in [1.54, 1.807) is 31.4 Å². The van der Waals surface area contributed by atoms with Gasteiger partial charge in [0.25, 0.3) is 5.91 Å². The molecular weight excluding hydrogens is 292 g/mol. The first-order valence-electron chi connectivity index (χ1n) is 8.04. The van der Waals surface area contributed by atoms with Gasteiger partial charge >= 0.3 is 0 Å². The third-order valence-electron chi connectivity index (χ3n) is 4.24. The third kappa shape index (κ3) is 4.70. The Bertz CT molecular complexity index is 565. The molecule has 1 aromatic carbocycles. The number of hydrogen-bond acceptors (Lipinski definition) is 4. The molecule has 1 aliphatic carbocycles. The highest BCUT2D eigenvalue weighted by molar-refractivity contribution is 5.95. The highest BCUT2D eigenvalue weighted by Crippen LogP contribution is 2.32. The number of nitrogens with one attached hydrogen (secondary N) is 1. The van der Waals surface area contributed by atoms with Crippen LogP contribution < -0.4 is 10.1 Å². The molecule has 2 rings (SSSR count). The molecule has 2 atom stereocenters. The van der Waals surface area contributed by atoms with Crippen molar-refractivity contribution in [2.75, 3.05) is 20.3 Å². The van der Waals surface area contributed by atoms with E-state index in [-0.39, 0.29) is 5.91 Å². The van der Waals surface area contributed by atoms with Crippen molar-refractivity contribution in [3.63, 3.8) is 0 Å². The Morgan fingerprint density at radius 1 is 1.39 bits per heavy atom. The predicted octanol–water partition coefficient (Wildman–Crippen LogP) is 2.91. The van der Waals surface area contributed by atoms with Crippen LogP contribution in [0.15, 0.2) is 24.3 Å². The van der Waals surface area contributed by atoms with E-state index in [1.807, 2.05) is 0 Å². The minimum Gasteiger partial charge on any atom is -0.491 e. The van der Waals surface area contributed by atoms with Crippen molar-refractivity contribution < 1.29 is 14.3 Å². The number of carbonyl (C=O) groups excluding carboxylic acids is 1. The Hall–Kier alpha value is -2.06. The molecule has 0 aliphatic heterocycles. The average Bonchev–Trinajstić information content (AvgIpc) is 2.55. The predicted molar refractivity (Wildman–Crippen MR) is 87.3 cm³/mol. The Balaban J connectivity index is 1.98. The largest absolute Gasteiger partial charge is 0.491 e. The quantitative estimate of drug-likeness (QED) is 0.819. The van der Waals surface area contributed by atoms with Crippen LogP contribution in [0.4, 0.5) is 0 Å². The molecule has 0 aromatic heterocycles. The number of nitrogens with zero attached hydrogens (tertiary/aromatic N) is 1. The number of nitriles is 1. The lowest BCUT2D eigenvalue weighted by Crippen LogP contribution is -2.50. The molecule has 0 heterocycles. The topological polar surface area (TPSA) is 71.3 Å². The lowest BCUT2D eigenvalue weighted by molar-refractivity contribution is 0.0890. The standard InChI is InChI=1S/C18H24N2O3/c1-14-4-3-9-18(12-14,13-19)20-17(21)15-5-7-16(8-6-15)23-11-10-22-2/h5-8,14H,3-4,9-12H2,1-2H3,(H,20,21)/t14-,18-/m0/s1. The molecule has 1 aliphatic rings. The first-order valence-corrected chi connectivity index (χ1v) is 8.04. The summed E-state index contributed by atoms with van der Waals surface area (Å²) in [5, 5.41) is 12.5. The lowest BCUT2D eigenvalue weighted by atomic mass is 9.77. The van der Waals surface area contributed by atoms with Gasteiger partial charge in [-0.05, 0) is 49.4 Å². The Morgan fingerprint density at radius 2 is 2.13 bits per heavy atom. The van der Waals surface area contributed by atoms with Gasteiger partial charge in [-0.2, -0.15) is 5.26 Å². The molecule has 1 N–H and O–H groups in total. The second kappa shape index (κ2) is 7.98. The van der Waals surface area contributed by atoms with Gasteiger partial charge in [0.05, 0.1) is 12.7 Å². The summed E-state index contributed by atoms with van der Waals surface area (Å²) in [5.74, 6) is 0.948. The monoisotopic (exact) mass is 316 g/mol. The molecule has 0 saturated heterocycles. The minimum atomic E-state index is -0.734. The molecule has 1 fully saturated rings. The molecule has 0 spiro atoms. The Morgan fingerprint density at radius 3 is 2.74 bits per heavy atom. The number of benzene rings is 1. The van der Waals surface area contributed by atoms with Crippen molar-refractivity contribution in [1.29, 1.82) is 5.26 Å². The van der Waals surface area contributed by atoms with Gasteiger partial charge in [-0.3, -0.25) is 4.79 Å². The molecule has 1 saturated carbocycles. The smallest absolute Gasteiger partial charge is 0.252 e. The van der Waals surface area contributed by atoms with Crippen LogP contribution in [0.3, 0.4) is 0 Å². The molecule has 1 aromatic rings. The van der Waals surface area contributed by atoms with Crippen molar-refractivity contribution in [1.82, 2.24) is 5.32 Å². The van der Waals surface area contributed by atoms with E-state index in [9.17, 15) is 10.1 Å². The number of methoxy groups -OCH3 is 1. The summed E-state index contributed by atoms with van der Waals surface area (Å²) in [7, 11) is 1.62. The van der Waals surface area contributed by atoms with Crippen LogP contribution in [0.5, 0.6) is 5.75 Å². The maximum absolute atomic E-state index is 12.4. The van der Waals surface area contributed by atoms with Crippen LogP contribution in [0.25, 0.3) is 0 Å². The number of hydrogen-bond donors (Lipinski definition) is 1. The van der Waals surface area contributed by atoms with E-state index in [0.29, 0.717) is 36.9 Å². The number of rotatable bonds is 6. The van der Waals surface area contributed by atoms with E-state index in [0.717, 1.165) is 19.3 Å². The third-order valence-corrected chi connectivity index (χ3v) is 4.24. The fourth-order valence-corrected chi connectivity index (χ4v) is 3.03. The fraction of sp³-hybridized carbons (Fsp3) is 0.556. The molecule has 0 unspecified atom stereocenters. The highest BCUT2D eigenvalue weighted by Gasteiger charge is 2.36. The second-order valence-electron chi connectivity index (χ2n) is 6.22. The summed E-state index contributed by atoms with van der Waals surface area (Å²) >= 11 is 0. The maximum atomic E-state index is 12.4. The maximum Gasteiger partial charge on any atom is 0.252 e. The highest BCUT2D eigenvalue weighted by atomic mass is 16.5. The molecule has 1 amide bonds. The van der Waals surface area contributed by atoms with Crippen molar-refractivity contribution in [2.45, 2.75) is 38.1 Å². The first-order chi connectivity index (χ1) is 11.1. The zero-order valence-corrected chi connectivity index (χ0v) is 13.8. The van der Waals surface area contributed by atoms with Crippen LogP contribution >= 0.6 is 0 Å². The van der Waals surface area contributed by atoms with Crippen LogP contribution in [0.2, 0.25) is 0 Å². The first kappa shape index (κ1) is 17.3. The molecule has 124 valence electrons. The van der Waals surface area contributed by atoms with E-state index in [4.69, 9.17) is 9.47 Å². The van der Waals surface area contributed by atoms with Crippen LogP contribution in [0, 0.1) is 17.2 Å². The summed E-state index contributed by atoms with van der Waals surface area (Å²) in [4.78, 5) is 12.4. The summed E-state index contributed by atoms with van der Waals surface area (Å²) in [6.07, 6.45) is 3.53. The molecule has 0 radical (unpaired) electrons. The zero-order valence-electron chi connectivity index (χ0n) is 13.8. The van der Waals surface area contributed by atoms with E-state index >= 15 is 0 Å². The van der Waals surface area contributed by atoms with Gasteiger partial charge in [-0.25, -0.2) is 0 Å². The Kier molecular flexibility index (Phi) is 6.00. The van der Waals surface area contributed by atoms with E-state index in [2.05, 4.69) is 18.3 Å². The lowest BCUT2D eigenvalue weighted by Gasteiger charge is -2.35. The van der Waals surface area contributed by atoms with Crippen LogP contribution in [-0.2, 0) is 4.74 Å². The van der Waals surface area contributed by atoms with Crippen molar-refractivity contribution in [2.24, 2.45) is 5.92 Å². The summed E-state index contributed by atoms with van der Waals surface area (Å²) in [6, 6.07) is 9.27. The van der Waals surface area contributed by atoms with Crippen molar-refractivity contribution >= 4 is 5.91 Å². The molecule has 23 heavy (non-hydrogen) atoms.